The highest BCUT2D eigenvalue weighted by molar-refractivity contribution is 6.52. The van der Waals surface area contributed by atoms with Gasteiger partial charge in [0.05, 0.1) is 36.4 Å². The van der Waals surface area contributed by atoms with Crippen LogP contribution in [0.1, 0.15) is 22.7 Å². The Morgan fingerprint density at radius 3 is 2.29 bits per heavy atom. The number of ether oxygens (including phenoxy) is 2. The van der Waals surface area contributed by atoms with Crippen LogP contribution in [0.4, 0.5) is 5.69 Å². The van der Waals surface area contributed by atoms with Crippen LogP contribution >= 0.6 is 34.8 Å². The molecule has 1 fully saturated rings. The third-order valence-corrected chi connectivity index (χ3v) is 6.79. The van der Waals surface area contributed by atoms with Crippen molar-refractivity contribution in [3.05, 3.63) is 86.1 Å². The summed E-state index contributed by atoms with van der Waals surface area (Å²) in [4.78, 5) is 32.1. The van der Waals surface area contributed by atoms with Crippen molar-refractivity contribution in [1.29, 1.82) is 0 Å². The molecule has 1 amide bonds. The van der Waals surface area contributed by atoms with Crippen LogP contribution in [-0.4, -0.2) is 36.0 Å². The van der Waals surface area contributed by atoms with Gasteiger partial charge >= 0.3 is 0 Å². The monoisotopic (exact) mass is 532 g/mol. The van der Waals surface area contributed by atoms with E-state index in [1.807, 2.05) is 0 Å². The minimum Gasteiger partial charge on any atom is -0.507 e. The van der Waals surface area contributed by atoms with Gasteiger partial charge in [0.2, 0.25) is 0 Å². The number of amides is 1. The van der Waals surface area contributed by atoms with E-state index in [0.29, 0.717) is 21.8 Å². The second-order valence-electron chi connectivity index (χ2n) is 7.62. The van der Waals surface area contributed by atoms with Gasteiger partial charge in [-0.25, -0.2) is 0 Å². The summed E-state index contributed by atoms with van der Waals surface area (Å²) in [6.45, 7) is 1.74. The van der Waals surface area contributed by atoms with Crippen LogP contribution in [0.3, 0.4) is 0 Å². The summed E-state index contributed by atoms with van der Waals surface area (Å²) in [6, 6.07) is 8.73. The van der Waals surface area contributed by atoms with Crippen molar-refractivity contribution in [2.75, 3.05) is 19.1 Å². The van der Waals surface area contributed by atoms with Crippen molar-refractivity contribution in [2.24, 2.45) is 0 Å². The lowest BCUT2D eigenvalue weighted by molar-refractivity contribution is -0.132. The zero-order valence-corrected chi connectivity index (χ0v) is 21.1. The van der Waals surface area contributed by atoms with Gasteiger partial charge in [0.1, 0.15) is 10.8 Å². The smallest absolute Gasteiger partial charge is 0.300 e. The fraction of sp³-hybridized carbons (Fsp3) is 0.160. The van der Waals surface area contributed by atoms with E-state index in [1.165, 1.54) is 37.6 Å². The fourth-order valence-corrected chi connectivity index (χ4v) is 4.95. The number of Topliss-reactive ketones (excluding diaryl/α,β-unsaturated/α-hetero) is 1. The second kappa shape index (κ2) is 9.77. The third kappa shape index (κ3) is 4.10. The number of benzene rings is 2. The zero-order chi connectivity index (χ0) is 25.4. The number of ketones is 1. The quantitative estimate of drug-likeness (QED) is 0.246. The molecule has 1 atom stereocenters. The predicted molar refractivity (Wildman–Crippen MR) is 135 cm³/mol. The molecule has 180 valence electrons. The summed E-state index contributed by atoms with van der Waals surface area (Å²) < 4.78 is 10.6. The molecule has 0 bridgehead atoms. The number of halogens is 3. The first kappa shape index (κ1) is 24.9. The minimum atomic E-state index is -0.987. The van der Waals surface area contributed by atoms with Gasteiger partial charge in [-0.1, -0.05) is 40.9 Å². The summed E-state index contributed by atoms with van der Waals surface area (Å²) in [6.07, 6.45) is 3.06. The fourth-order valence-electron chi connectivity index (χ4n) is 4.09. The molecule has 1 unspecified atom stereocenters. The molecule has 2 aromatic carbocycles. The molecule has 7 nitrogen and oxygen atoms in total. The first-order valence-corrected chi connectivity index (χ1v) is 11.4. The van der Waals surface area contributed by atoms with Crippen LogP contribution < -0.4 is 14.4 Å². The van der Waals surface area contributed by atoms with E-state index in [1.54, 1.807) is 37.3 Å². The van der Waals surface area contributed by atoms with Gasteiger partial charge in [0.25, 0.3) is 11.7 Å². The van der Waals surface area contributed by atoms with E-state index in [0.717, 1.165) is 0 Å². The molecular weight excluding hydrogens is 515 g/mol. The van der Waals surface area contributed by atoms with E-state index >= 15 is 0 Å². The molecule has 0 spiro atoms. The molecular formula is C25H19Cl3N2O5. The summed E-state index contributed by atoms with van der Waals surface area (Å²) in [5.41, 5.74) is 1.44. The van der Waals surface area contributed by atoms with Gasteiger partial charge in [0, 0.05) is 23.1 Å². The maximum Gasteiger partial charge on any atom is 0.300 e. The molecule has 1 saturated heterocycles. The highest BCUT2D eigenvalue weighted by Crippen LogP contribution is 2.48. The van der Waals surface area contributed by atoms with Crippen molar-refractivity contribution in [2.45, 2.75) is 13.0 Å². The molecule has 2 heterocycles. The Hall–Kier alpha value is -3.26. The van der Waals surface area contributed by atoms with Crippen LogP contribution in [0.2, 0.25) is 15.1 Å². The number of aliphatic hydroxyl groups is 1. The first-order chi connectivity index (χ1) is 16.7. The Kier molecular flexibility index (Phi) is 6.94. The lowest BCUT2D eigenvalue weighted by Crippen LogP contribution is -2.30. The number of anilines is 1. The topological polar surface area (TPSA) is 89.0 Å². The lowest BCUT2D eigenvalue weighted by atomic mass is 9.95. The number of hydrogen-bond acceptors (Lipinski definition) is 6. The van der Waals surface area contributed by atoms with Crippen LogP contribution in [0.25, 0.3) is 5.76 Å². The summed E-state index contributed by atoms with van der Waals surface area (Å²) >= 11 is 19.0. The van der Waals surface area contributed by atoms with E-state index in [-0.39, 0.29) is 32.7 Å². The van der Waals surface area contributed by atoms with E-state index < -0.39 is 23.5 Å². The van der Waals surface area contributed by atoms with Gasteiger partial charge in [0.15, 0.2) is 11.5 Å². The highest BCUT2D eigenvalue weighted by atomic mass is 35.5. The van der Waals surface area contributed by atoms with Crippen molar-refractivity contribution >= 4 is 57.9 Å². The molecule has 3 aromatic rings. The molecule has 0 radical (unpaired) electrons. The number of hydrogen-bond donors (Lipinski definition) is 1. The molecule has 0 saturated carbocycles. The van der Waals surface area contributed by atoms with E-state index in [9.17, 15) is 14.7 Å². The molecule has 10 heteroatoms. The summed E-state index contributed by atoms with van der Waals surface area (Å²) in [7, 11) is 2.73. The van der Waals surface area contributed by atoms with Gasteiger partial charge in [-0.05, 0) is 48.4 Å². The highest BCUT2D eigenvalue weighted by Gasteiger charge is 2.48. The number of methoxy groups -OCH3 is 2. The maximum atomic E-state index is 13.4. The van der Waals surface area contributed by atoms with Gasteiger partial charge in [-0.15, -0.1) is 0 Å². The van der Waals surface area contributed by atoms with Gasteiger partial charge < -0.3 is 14.6 Å². The zero-order valence-electron chi connectivity index (χ0n) is 18.8. The number of carbonyl (C=O) groups excluding carboxylic acids is 2. The third-order valence-electron chi connectivity index (χ3n) is 5.76. The van der Waals surface area contributed by atoms with Gasteiger partial charge in [-0.3, -0.25) is 19.5 Å². The summed E-state index contributed by atoms with van der Waals surface area (Å²) in [5, 5.41) is 12.0. The van der Waals surface area contributed by atoms with Crippen LogP contribution in [0, 0.1) is 6.92 Å². The second-order valence-corrected chi connectivity index (χ2v) is 8.81. The molecule has 1 aromatic heterocycles. The maximum absolute atomic E-state index is 13.4. The number of pyridine rings is 1. The normalized spacial score (nSPS) is 17.1. The molecule has 1 aliphatic rings. The number of rotatable bonds is 5. The average molecular weight is 534 g/mol. The predicted octanol–water partition coefficient (Wildman–Crippen LogP) is 5.99. The molecule has 35 heavy (non-hydrogen) atoms. The molecule has 0 aliphatic carbocycles. The number of nitrogens with zero attached hydrogens (tertiary/aromatic N) is 2. The Labute approximate surface area is 216 Å². The largest absolute Gasteiger partial charge is 0.507 e. The first-order valence-electron chi connectivity index (χ1n) is 10.3. The van der Waals surface area contributed by atoms with Crippen molar-refractivity contribution in [3.63, 3.8) is 0 Å². The van der Waals surface area contributed by atoms with Crippen molar-refractivity contribution < 1.29 is 24.2 Å². The number of aliphatic hydroxyl groups excluding tert-OH is 1. The van der Waals surface area contributed by atoms with E-state index in [2.05, 4.69) is 4.98 Å². The number of aromatic nitrogens is 1. The van der Waals surface area contributed by atoms with Crippen LogP contribution in [0.15, 0.2) is 54.4 Å². The van der Waals surface area contributed by atoms with Crippen LogP contribution in [-0.2, 0) is 9.59 Å². The van der Waals surface area contributed by atoms with Crippen LogP contribution in [0.5, 0.6) is 11.5 Å². The SMILES string of the molecule is COc1c(Cl)cc(/C(O)=C2\C(=O)C(=O)N(c3cccc(Cl)c3C)C2c2ccncc2)c(OC)c1Cl. The minimum absolute atomic E-state index is 0.00410. The Bertz CT molecular complexity index is 1380. The lowest BCUT2D eigenvalue weighted by Gasteiger charge is -2.27. The molecule has 4 rings (SSSR count). The standard InChI is InChI=1S/C25H19Cl3N2O5/c1-12-15(26)5-4-6-17(12)30-20(13-7-9-29-10-8-13)18(22(32)25(30)33)21(31)14-11-16(27)24(35-3)19(28)23(14)34-2/h4-11,20,31H,1-3H3/b21-18+. The van der Waals surface area contributed by atoms with Crippen molar-refractivity contribution in [1.82, 2.24) is 4.98 Å². The number of carbonyl (C=O) groups is 2. The van der Waals surface area contributed by atoms with Gasteiger partial charge in [-0.2, -0.15) is 0 Å². The van der Waals surface area contributed by atoms with E-state index in [4.69, 9.17) is 44.3 Å². The Morgan fingerprint density at radius 1 is 1.00 bits per heavy atom. The Balaban J connectivity index is 2.04. The molecule has 1 N–H and O–H groups in total. The van der Waals surface area contributed by atoms with Crippen molar-refractivity contribution in [3.8, 4) is 11.5 Å². The summed E-state index contributed by atoms with van der Waals surface area (Å²) in [5.74, 6) is -2.06. The Morgan fingerprint density at radius 2 is 1.66 bits per heavy atom. The molecule has 1 aliphatic heterocycles. The average Bonchev–Trinajstić information content (AvgIpc) is 3.11.